The smallest absolute Gasteiger partial charge is 0.368 e. The van der Waals surface area contributed by atoms with Crippen molar-refractivity contribution in [2.75, 3.05) is 24.5 Å². The number of nitrogens with two attached hydrogens (primary N) is 1. The van der Waals surface area contributed by atoms with Crippen LogP contribution in [0.3, 0.4) is 0 Å². The summed E-state index contributed by atoms with van der Waals surface area (Å²) in [5.74, 6) is -0.389. The molecular weight excluding hydrogens is 385 g/mol. The molecule has 1 unspecified atom stereocenters. The number of primary amides is 1. The van der Waals surface area contributed by atoms with E-state index >= 15 is 0 Å². The molecule has 1 heterocycles. The highest BCUT2D eigenvalue weighted by Gasteiger charge is 2.37. The van der Waals surface area contributed by atoms with Gasteiger partial charge in [-0.25, -0.2) is 0 Å². The highest BCUT2D eigenvalue weighted by Crippen LogP contribution is 2.35. The van der Waals surface area contributed by atoms with Gasteiger partial charge in [-0.05, 0) is 37.0 Å². The van der Waals surface area contributed by atoms with E-state index in [9.17, 15) is 22.8 Å². The molecule has 2 amide bonds. The predicted octanol–water partition coefficient (Wildman–Crippen LogP) is 2.66. The van der Waals surface area contributed by atoms with Gasteiger partial charge in [0, 0.05) is 25.2 Å². The Morgan fingerprint density at radius 2 is 1.90 bits per heavy atom. The Morgan fingerprint density at radius 3 is 2.48 bits per heavy atom. The zero-order valence-electron chi connectivity index (χ0n) is 15.9. The number of hydrogen-bond donors (Lipinski definition) is 1. The molecule has 1 aromatic carbocycles. The number of anilines is 1. The second kappa shape index (κ2) is 8.31. The number of carbonyl (C=O) groups excluding carboxylic acids is 2. The molecule has 0 bridgehead atoms. The molecule has 2 fully saturated rings. The highest BCUT2D eigenvalue weighted by molar-refractivity contribution is 5.86. The van der Waals surface area contributed by atoms with Crippen LogP contribution in [0.1, 0.15) is 43.2 Å². The van der Waals surface area contributed by atoms with Gasteiger partial charge in [0.15, 0.2) is 0 Å². The largest absolute Gasteiger partial charge is 0.417 e. The van der Waals surface area contributed by atoms with Crippen molar-refractivity contribution in [2.45, 2.75) is 44.3 Å². The van der Waals surface area contributed by atoms with Crippen LogP contribution >= 0.6 is 0 Å². The predicted molar refractivity (Wildman–Crippen MR) is 99.6 cm³/mol. The van der Waals surface area contributed by atoms with Crippen LogP contribution in [0.25, 0.3) is 0 Å². The molecule has 2 N–H and O–H groups in total. The zero-order valence-corrected chi connectivity index (χ0v) is 15.9. The van der Waals surface area contributed by atoms with Crippen LogP contribution < -0.4 is 10.6 Å². The summed E-state index contributed by atoms with van der Waals surface area (Å²) >= 11 is 0. The maximum absolute atomic E-state index is 13.3. The third-order valence-electron chi connectivity index (χ3n) is 5.76. The maximum Gasteiger partial charge on any atom is 0.417 e. The second-order valence-electron chi connectivity index (χ2n) is 7.65. The summed E-state index contributed by atoms with van der Waals surface area (Å²) in [6.45, 7) is 0.534. The number of rotatable bonds is 4. The van der Waals surface area contributed by atoms with Crippen molar-refractivity contribution in [2.24, 2.45) is 11.7 Å². The molecule has 6 nitrogen and oxygen atoms in total. The van der Waals surface area contributed by atoms with E-state index < -0.39 is 29.3 Å². The molecule has 2 aliphatic rings. The van der Waals surface area contributed by atoms with Crippen molar-refractivity contribution in [1.29, 1.82) is 5.26 Å². The molecule has 3 rings (SSSR count). The van der Waals surface area contributed by atoms with Gasteiger partial charge in [0.25, 0.3) is 0 Å². The van der Waals surface area contributed by atoms with E-state index in [1.165, 1.54) is 17.0 Å². The van der Waals surface area contributed by atoms with Crippen molar-refractivity contribution >= 4 is 17.5 Å². The number of piperazine rings is 1. The van der Waals surface area contributed by atoms with Gasteiger partial charge < -0.3 is 15.5 Å². The van der Waals surface area contributed by atoms with Gasteiger partial charge in [0.2, 0.25) is 11.8 Å². The lowest BCUT2D eigenvalue weighted by Gasteiger charge is -2.41. The SMILES string of the molecule is N#Cc1ccc(N2CCN(C(=O)CC3CCCC3)CC2C(N)=O)cc1C(F)(F)F. The van der Waals surface area contributed by atoms with E-state index in [1.54, 1.807) is 4.90 Å². The third-order valence-corrected chi connectivity index (χ3v) is 5.76. The van der Waals surface area contributed by atoms with Crippen LogP contribution in [-0.2, 0) is 15.8 Å². The van der Waals surface area contributed by atoms with Gasteiger partial charge in [0.05, 0.1) is 23.7 Å². The zero-order chi connectivity index (χ0) is 21.2. The summed E-state index contributed by atoms with van der Waals surface area (Å²) in [6.07, 6.45) is 0.0293. The maximum atomic E-state index is 13.3. The van der Waals surface area contributed by atoms with Gasteiger partial charge in [-0.3, -0.25) is 9.59 Å². The second-order valence-corrected chi connectivity index (χ2v) is 7.65. The monoisotopic (exact) mass is 408 g/mol. The van der Waals surface area contributed by atoms with Gasteiger partial charge in [-0.15, -0.1) is 0 Å². The first-order valence-corrected chi connectivity index (χ1v) is 9.65. The lowest BCUT2D eigenvalue weighted by atomic mass is 10.0. The Kier molecular flexibility index (Phi) is 6.01. The number of hydrogen-bond acceptors (Lipinski definition) is 4. The number of benzene rings is 1. The van der Waals surface area contributed by atoms with Crippen LogP contribution in [0.15, 0.2) is 18.2 Å². The van der Waals surface area contributed by atoms with Gasteiger partial charge in [-0.2, -0.15) is 18.4 Å². The molecule has 9 heteroatoms. The van der Waals surface area contributed by atoms with E-state index in [4.69, 9.17) is 11.0 Å². The third kappa shape index (κ3) is 4.63. The van der Waals surface area contributed by atoms with E-state index in [0.29, 0.717) is 18.9 Å². The fraction of sp³-hybridized carbons (Fsp3) is 0.550. The van der Waals surface area contributed by atoms with Crippen molar-refractivity contribution in [3.63, 3.8) is 0 Å². The molecule has 1 aliphatic heterocycles. The van der Waals surface area contributed by atoms with Gasteiger partial charge >= 0.3 is 6.18 Å². The summed E-state index contributed by atoms with van der Waals surface area (Å²) in [5, 5.41) is 8.95. The molecule has 1 aliphatic carbocycles. The average molecular weight is 408 g/mol. The fourth-order valence-electron chi connectivity index (χ4n) is 4.20. The molecule has 0 aromatic heterocycles. The van der Waals surface area contributed by atoms with Crippen molar-refractivity contribution in [3.05, 3.63) is 29.3 Å². The Morgan fingerprint density at radius 1 is 1.21 bits per heavy atom. The normalized spacial score (nSPS) is 20.6. The minimum Gasteiger partial charge on any atom is -0.368 e. The molecule has 156 valence electrons. The number of nitrogens with zero attached hydrogens (tertiary/aromatic N) is 3. The molecule has 29 heavy (non-hydrogen) atoms. The number of alkyl halides is 3. The Bertz CT molecular complexity index is 828. The molecule has 1 atom stereocenters. The summed E-state index contributed by atoms with van der Waals surface area (Å²) in [7, 11) is 0. The Balaban J connectivity index is 1.79. The van der Waals surface area contributed by atoms with Crippen LogP contribution in [0.5, 0.6) is 0 Å². The van der Waals surface area contributed by atoms with Crippen LogP contribution in [0.4, 0.5) is 18.9 Å². The van der Waals surface area contributed by atoms with E-state index in [1.807, 2.05) is 0 Å². The number of carbonyl (C=O) groups is 2. The standard InChI is InChI=1S/C20H23F3N4O2/c21-20(22,23)16-10-15(6-5-14(16)11-24)27-8-7-26(12-17(27)19(25)29)18(28)9-13-3-1-2-4-13/h5-6,10,13,17H,1-4,7-9,12H2,(H2,25,29). The minimum absolute atomic E-state index is 0.0430. The number of nitriles is 1. The lowest BCUT2D eigenvalue weighted by molar-refractivity contribution is -0.137. The van der Waals surface area contributed by atoms with Gasteiger partial charge in [-0.1, -0.05) is 12.8 Å². The van der Waals surface area contributed by atoms with Gasteiger partial charge in [0.1, 0.15) is 6.04 Å². The molecular formula is C20H23F3N4O2. The molecule has 1 saturated carbocycles. The first kappa shape index (κ1) is 21.0. The fourth-order valence-corrected chi connectivity index (χ4v) is 4.20. The number of amides is 2. The van der Waals surface area contributed by atoms with Crippen LogP contribution in [-0.4, -0.2) is 42.4 Å². The van der Waals surface area contributed by atoms with Crippen molar-refractivity contribution < 1.29 is 22.8 Å². The summed E-state index contributed by atoms with van der Waals surface area (Å²) in [5.41, 5.74) is 4.12. The first-order valence-electron chi connectivity index (χ1n) is 9.65. The average Bonchev–Trinajstić information content (AvgIpc) is 3.19. The van der Waals surface area contributed by atoms with Crippen LogP contribution in [0, 0.1) is 17.2 Å². The number of halogens is 3. The molecule has 0 spiro atoms. The molecule has 0 radical (unpaired) electrons. The summed E-state index contributed by atoms with van der Waals surface area (Å²) in [4.78, 5) is 27.7. The van der Waals surface area contributed by atoms with E-state index in [0.717, 1.165) is 37.8 Å². The van der Waals surface area contributed by atoms with E-state index in [2.05, 4.69) is 0 Å². The first-order chi connectivity index (χ1) is 13.7. The van der Waals surface area contributed by atoms with Crippen LogP contribution in [0.2, 0.25) is 0 Å². The van der Waals surface area contributed by atoms with E-state index in [-0.39, 0.29) is 24.7 Å². The Labute approximate surface area is 167 Å². The quantitative estimate of drug-likeness (QED) is 0.829. The molecule has 1 aromatic rings. The summed E-state index contributed by atoms with van der Waals surface area (Å²) < 4.78 is 39.9. The van der Waals surface area contributed by atoms with Crippen molar-refractivity contribution in [3.8, 4) is 6.07 Å². The Hall–Kier alpha value is -2.76. The lowest BCUT2D eigenvalue weighted by Crippen LogP contribution is -2.59. The minimum atomic E-state index is -4.69. The highest BCUT2D eigenvalue weighted by atomic mass is 19.4. The topological polar surface area (TPSA) is 90.4 Å². The summed E-state index contributed by atoms with van der Waals surface area (Å²) in [6, 6.07) is 3.95. The van der Waals surface area contributed by atoms with Crippen molar-refractivity contribution in [1.82, 2.24) is 4.90 Å². The molecule has 1 saturated heterocycles.